The van der Waals surface area contributed by atoms with Gasteiger partial charge in [-0.2, -0.15) is 5.10 Å². The largest absolute Gasteiger partial charge is 0.494 e. The van der Waals surface area contributed by atoms with Gasteiger partial charge in [-0.05, 0) is 36.8 Å². The van der Waals surface area contributed by atoms with Crippen molar-refractivity contribution in [1.82, 2.24) is 15.5 Å². The number of alkyl carbamates (subject to hydrolysis) is 1. The average Bonchev–Trinajstić information content (AvgIpc) is 3.20. The summed E-state index contributed by atoms with van der Waals surface area (Å²) in [6.07, 6.45) is 0.268. The van der Waals surface area contributed by atoms with Gasteiger partial charge in [-0.1, -0.05) is 6.07 Å². The number of aromatic nitrogens is 2. The number of anilines is 1. The van der Waals surface area contributed by atoms with E-state index >= 15 is 0 Å². The highest BCUT2D eigenvalue weighted by molar-refractivity contribution is 5.94. The summed E-state index contributed by atoms with van der Waals surface area (Å²) in [6.45, 7) is 4.19. The lowest BCUT2D eigenvalue weighted by Crippen LogP contribution is -2.37. The molecule has 1 saturated heterocycles. The van der Waals surface area contributed by atoms with Crippen molar-refractivity contribution in [2.45, 2.75) is 13.0 Å². The standard InChI is InChI=1S/C22H24N4O4/c27-22-23-6-1-9-29-17-3-4-19-18(13-17)21(25-24-19)15-2-5-20(16(12-15)14-30-22)26-7-10-28-11-8-26/h2-5,12-13H,1,6-11,14H2,(H,23,27)(H,24,25). The predicted octanol–water partition coefficient (Wildman–Crippen LogP) is 3.08. The molecular weight excluding hydrogens is 384 g/mol. The molecule has 0 atom stereocenters. The number of aromatic amines is 1. The van der Waals surface area contributed by atoms with Crippen molar-refractivity contribution in [2.75, 3.05) is 44.4 Å². The zero-order valence-corrected chi connectivity index (χ0v) is 16.6. The lowest BCUT2D eigenvalue weighted by atomic mass is 10.0. The van der Waals surface area contributed by atoms with Crippen LogP contribution in [-0.4, -0.2) is 55.7 Å². The molecule has 2 N–H and O–H groups in total. The van der Waals surface area contributed by atoms with Crippen LogP contribution in [0, 0.1) is 0 Å². The van der Waals surface area contributed by atoms with Gasteiger partial charge in [-0.15, -0.1) is 0 Å². The summed E-state index contributed by atoms with van der Waals surface area (Å²) in [5, 5.41) is 11.4. The Bertz CT molecular complexity index is 1060. The normalized spacial score (nSPS) is 17.6. The van der Waals surface area contributed by atoms with E-state index in [-0.39, 0.29) is 6.61 Å². The van der Waals surface area contributed by atoms with Crippen molar-refractivity contribution in [3.63, 3.8) is 0 Å². The van der Waals surface area contributed by atoms with Crippen molar-refractivity contribution in [3.05, 3.63) is 42.0 Å². The molecule has 2 aliphatic rings. The molecule has 0 saturated carbocycles. The maximum Gasteiger partial charge on any atom is 0.407 e. The number of carbonyl (C=O) groups is 1. The molecule has 156 valence electrons. The van der Waals surface area contributed by atoms with Crippen molar-refractivity contribution >= 4 is 22.7 Å². The number of ether oxygens (including phenoxy) is 3. The number of rotatable bonds is 1. The Kier molecular flexibility index (Phi) is 5.15. The lowest BCUT2D eigenvalue weighted by molar-refractivity contribution is 0.122. The second-order valence-corrected chi connectivity index (χ2v) is 7.43. The molecule has 3 aromatic rings. The Labute approximate surface area is 174 Å². The first-order valence-electron chi connectivity index (χ1n) is 10.3. The summed E-state index contributed by atoms with van der Waals surface area (Å²) in [6, 6.07) is 12.1. The van der Waals surface area contributed by atoms with Gasteiger partial charge in [0.2, 0.25) is 0 Å². The molecule has 8 heteroatoms. The third-order valence-electron chi connectivity index (χ3n) is 5.46. The highest BCUT2D eigenvalue weighted by atomic mass is 16.5. The van der Waals surface area contributed by atoms with E-state index in [1.807, 2.05) is 18.2 Å². The van der Waals surface area contributed by atoms with E-state index in [0.29, 0.717) is 32.8 Å². The van der Waals surface area contributed by atoms with E-state index in [9.17, 15) is 4.79 Å². The SMILES string of the molecule is O=C1NCCCOc2ccc3[nH]nc(c3c2)-c2ccc(N3CCOCC3)c(c2)CO1. The first-order valence-corrected chi connectivity index (χ1v) is 10.3. The zero-order chi connectivity index (χ0) is 20.3. The van der Waals surface area contributed by atoms with Gasteiger partial charge >= 0.3 is 6.09 Å². The third-order valence-corrected chi connectivity index (χ3v) is 5.46. The minimum absolute atomic E-state index is 0.191. The van der Waals surface area contributed by atoms with Crippen LogP contribution in [0.3, 0.4) is 0 Å². The molecule has 0 aliphatic carbocycles. The molecule has 1 amide bonds. The highest BCUT2D eigenvalue weighted by Crippen LogP contribution is 2.33. The van der Waals surface area contributed by atoms with Gasteiger partial charge in [-0.3, -0.25) is 5.10 Å². The van der Waals surface area contributed by atoms with Crippen LogP contribution in [-0.2, 0) is 16.1 Å². The van der Waals surface area contributed by atoms with Crippen LogP contribution < -0.4 is 15.0 Å². The first-order chi connectivity index (χ1) is 14.8. The fourth-order valence-corrected chi connectivity index (χ4v) is 3.91. The molecule has 30 heavy (non-hydrogen) atoms. The summed E-state index contributed by atoms with van der Waals surface area (Å²) in [4.78, 5) is 14.4. The Balaban J connectivity index is 1.58. The van der Waals surface area contributed by atoms with Crippen molar-refractivity contribution in [3.8, 4) is 17.0 Å². The average molecular weight is 408 g/mol. The highest BCUT2D eigenvalue weighted by Gasteiger charge is 2.18. The number of cyclic esters (lactones) is 1. The number of H-pyrrole nitrogens is 1. The number of fused-ring (bicyclic) bond motifs is 4. The topological polar surface area (TPSA) is 88.7 Å². The molecular formula is C22H24N4O4. The monoisotopic (exact) mass is 408 g/mol. The number of nitrogens with zero attached hydrogens (tertiary/aromatic N) is 2. The minimum atomic E-state index is -0.425. The number of benzene rings is 2. The van der Waals surface area contributed by atoms with Gasteiger partial charge in [0.05, 0.1) is 25.3 Å². The van der Waals surface area contributed by atoms with Crippen LogP contribution in [0.2, 0.25) is 0 Å². The Morgan fingerprint density at radius 1 is 1.00 bits per heavy atom. The van der Waals surface area contributed by atoms with Gasteiger partial charge in [0.15, 0.2) is 0 Å². The second-order valence-electron chi connectivity index (χ2n) is 7.43. The summed E-state index contributed by atoms with van der Waals surface area (Å²) in [7, 11) is 0. The van der Waals surface area contributed by atoms with Crippen LogP contribution in [0.4, 0.5) is 10.5 Å². The fraction of sp³-hybridized carbons (Fsp3) is 0.364. The molecule has 4 bridgehead atoms. The summed E-state index contributed by atoms with van der Waals surface area (Å²) in [5.41, 5.74) is 4.77. The molecule has 2 aliphatic heterocycles. The second kappa shape index (κ2) is 8.23. The van der Waals surface area contributed by atoms with Crippen LogP contribution in [0.15, 0.2) is 36.4 Å². The first kappa shape index (κ1) is 18.7. The maximum atomic E-state index is 12.1. The van der Waals surface area contributed by atoms with E-state index < -0.39 is 6.09 Å². The molecule has 5 rings (SSSR count). The summed E-state index contributed by atoms with van der Waals surface area (Å²) < 4.78 is 16.9. The van der Waals surface area contributed by atoms with Gasteiger partial charge in [0.25, 0.3) is 0 Å². The summed E-state index contributed by atoms with van der Waals surface area (Å²) >= 11 is 0. The molecule has 8 nitrogen and oxygen atoms in total. The fourth-order valence-electron chi connectivity index (χ4n) is 3.91. The number of carbonyl (C=O) groups excluding carboxylic acids is 1. The Morgan fingerprint density at radius 2 is 1.90 bits per heavy atom. The van der Waals surface area contributed by atoms with Crippen LogP contribution in [0.25, 0.3) is 22.2 Å². The number of amides is 1. The number of nitrogens with one attached hydrogen (secondary N) is 2. The zero-order valence-electron chi connectivity index (χ0n) is 16.6. The Morgan fingerprint density at radius 3 is 2.80 bits per heavy atom. The van der Waals surface area contributed by atoms with Gasteiger partial charge in [0.1, 0.15) is 18.1 Å². The van der Waals surface area contributed by atoms with E-state index in [0.717, 1.165) is 52.3 Å². The molecule has 2 aromatic carbocycles. The van der Waals surface area contributed by atoms with E-state index in [2.05, 4.69) is 38.6 Å². The molecule has 0 radical (unpaired) electrons. The van der Waals surface area contributed by atoms with Crippen LogP contribution in [0.5, 0.6) is 5.75 Å². The molecule has 1 fully saturated rings. The van der Waals surface area contributed by atoms with Crippen molar-refractivity contribution < 1.29 is 19.0 Å². The van der Waals surface area contributed by atoms with Gasteiger partial charge < -0.3 is 24.4 Å². The molecule has 0 spiro atoms. The summed E-state index contributed by atoms with van der Waals surface area (Å²) in [5.74, 6) is 0.785. The molecule has 0 unspecified atom stereocenters. The van der Waals surface area contributed by atoms with E-state index in [4.69, 9.17) is 14.2 Å². The van der Waals surface area contributed by atoms with Crippen LogP contribution >= 0.6 is 0 Å². The lowest BCUT2D eigenvalue weighted by Gasteiger charge is -2.30. The van der Waals surface area contributed by atoms with Crippen molar-refractivity contribution in [2.24, 2.45) is 0 Å². The van der Waals surface area contributed by atoms with Crippen LogP contribution in [0.1, 0.15) is 12.0 Å². The molecule has 1 aromatic heterocycles. The van der Waals surface area contributed by atoms with E-state index in [1.165, 1.54) is 0 Å². The van der Waals surface area contributed by atoms with Crippen molar-refractivity contribution in [1.29, 1.82) is 0 Å². The Hall–Kier alpha value is -3.26. The quantitative estimate of drug-likeness (QED) is 0.643. The van der Waals surface area contributed by atoms with E-state index in [1.54, 1.807) is 0 Å². The maximum absolute atomic E-state index is 12.1. The van der Waals surface area contributed by atoms with Gasteiger partial charge in [-0.25, -0.2) is 4.79 Å². The third kappa shape index (κ3) is 3.78. The molecule has 3 heterocycles. The number of hydrogen-bond acceptors (Lipinski definition) is 6. The van der Waals surface area contributed by atoms with Gasteiger partial charge in [0, 0.05) is 41.8 Å². The minimum Gasteiger partial charge on any atom is -0.494 e. The number of morpholine rings is 1. The number of hydrogen-bond donors (Lipinski definition) is 2. The predicted molar refractivity (Wildman–Crippen MR) is 113 cm³/mol. The smallest absolute Gasteiger partial charge is 0.407 e.